The Balaban J connectivity index is 1.75. The number of carbonyl (C=O) groups is 1. The molecule has 0 bridgehead atoms. The highest BCUT2D eigenvalue weighted by molar-refractivity contribution is 8.14. The number of thioether (sulfide) groups is 1. The van der Waals surface area contributed by atoms with Gasteiger partial charge in [0.1, 0.15) is 6.04 Å². The Morgan fingerprint density at radius 2 is 2.43 bits per heavy atom. The molecule has 0 spiro atoms. The van der Waals surface area contributed by atoms with E-state index in [4.69, 9.17) is 0 Å². The van der Waals surface area contributed by atoms with Crippen molar-refractivity contribution in [3.05, 3.63) is 0 Å². The van der Waals surface area contributed by atoms with Crippen LogP contribution in [0.25, 0.3) is 0 Å². The second kappa shape index (κ2) is 4.21. The van der Waals surface area contributed by atoms with E-state index in [1.54, 1.807) is 11.8 Å². The summed E-state index contributed by atoms with van der Waals surface area (Å²) in [5.41, 5.74) is 0. The molecule has 4 nitrogen and oxygen atoms in total. The van der Waals surface area contributed by atoms with Crippen molar-refractivity contribution in [3.63, 3.8) is 0 Å². The van der Waals surface area contributed by atoms with Crippen LogP contribution in [0, 0.1) is 0 Å². The summed E-state index contributed by atoms with van der Waals surface area (Å²) in [5, 5.41) is 6.98. The summed E-state index contributed by atoms with van der Waals surface area (Å²) in [6.07, 6.45) is 2.27. The molecule has 1 heterocycles. The normalized spacial score (nSPS) is 22.8. The smallest absolute Gasteiger partial charge is 0.242 e. The number of amides is 1. The second-order valence-electron chi connectivity index (χ2n) is 3.68. The predicted molar refractivity (Wildman–Crippen MR) is 58.5 cm³/mol. The number of hydrogen-bond acceptors (Lipinski definition) is 4. The van der Waals surface area contributed by atoms with Gasteiger partial charge in [-0.2, -0.15) is 0 Å². The topological polar surface area (TPSA) is 53.5 Å². The van der Waals surface area contributed by atoms with E-state index < -0.39 is 0 Å². The summed E-state index contributed by atoms with van der Waals surface area (Å²) in [7, 11) is 0. The third-order valence-electron chi connectivity index (χ3n) is 2.24. The van der Waals surface area contributed by atoms with Gasteiger partial charge in [-0.05, 0) is 19.8 Å². The fraction of sp³-hybridized carbons (Fsp3) is 0.778. The predicted octanol–water partition coefficient (Wildman–Crippen LogP) is 0.346. The first-order valence-electron chi connectivity index (χ1n) is 5.00. The molecule has 0 aromatic rings. The van der Waals surface area contributed by atoms with E-state index in [0.29, 0.717) is 6.04 Å². The summed E-state index contributed by atoms with van der Waals surface area (Å²) in [5.74, 6) is 1.11. The first kappa shape index (κ1) is 9.83. The molecule has 2 N–H and O–H groups in total. The summed E-state index contributed by atoms with van der Waals surface area (Å²) in [6.45, 7) is 2.74. The Kier molecular flexibility index (Phi) is 2.96. The molecule has 0 aromatic carbocycles. The van der Waals surface area contributed by atoms with E-state index in [2.05, 4.69) is 15.6 Å². The number of nitrogens with one attached hydrogen (secondary N) is 2. The molecule has 1 atom stereocenters. The van der Waals surface area contributed by atoms with Gasteiger partial charge in [0, 0.05) is 11.8 Å². The highest BCUT2D eigenvalue weighted by Crippen LogP contribution is 2.18. The van der Waals surface area contributed by atoms with Crippen LogP contribution in [0.5, 0.6) is 0 Å². The molecule has 1 aliphatic heterocycles. The van der Waals surface area contributed by atoms with Gasteiger partial charge in [-0.25, -0.2) is 0 Å². The first-order chi connectivity index (χ1) is 6.75. The van der Waals surface area contributed by atoms with E-state index in [1.165, 1.54) is 0 Å². The summed E-state index contributed by atoms with van der Waals surface area (Å²) in [4.78, 5) is 15.8. The number of nitrogens with zero attached hydrogens (tertiary/aromatic N) is 1. The van der Waals surface area contributed by atoms with E-state index in [-0.39, 0.29) is 11.9 Å². The number of aliphatic imine (C=N–C) groups is 1. The van der Waals surface area contributed by atoms with Crippen LogP contribution in [-0.4, -0.2) is 35.5 Å². The van der Waals surface area contributed by atoms with Gasteiger partial charge in [-0.15, -0.1) is 0 Å². The quantitative estimate of drug-likeness (QED) is 0.711. The van der Waals surface area contributed by atoms with Crippen LogP contribution in [0.3, 0.4) is 0 Å². The molecule has 2 aliphatic rings. The lowest BCUT2D eigenvalue weighted by atomic mass is 10.3. The van der Waals surface area contributed by atoms with Gasteiger partial charge in [0.05, 0.1) is 6.54 Å². The maximum absolute atomic E-state index is 11.5. The molecule has 1 aliphatic carbocycles. The molecule has 0 radical (unpaired) electrons. The van der Waals surface area contributed by atoms with E-state index in [9.17, 15) is 4.79 Å². The largest absolute Gasteiger partial charge is 0.353 e. The van der Waals surface area contributed by atoms with Crippen LogP contribution in [0.4, 0.5) is 0 Å². The number of carbonyl (C=O) groups excluding carboxylic acids is 1. The zero-order chi connectivity index (χ0) is 9.97. The highest BCUT2D eigenvalue weighted by Gasteiger charge is 2.26. The van der Waals surface area contributed by atoms with Crippen molar-refractivity contribution in [2.75, 3.05) is 12.3 Å². The summed E-state index contributed by atoms with van der Waals surface area (Å²) in [6, 6.07) is 0.268. The monoisotopic (exact) mass is 213 g/mol. The molecular weight excluding hydrogens is 198 g/mol. The fourth-order valence-electron chi connectivity index (χ4n) is 1.23. The van der Waals surface area contributed by atoms with Crippen molar-refractivity contribution in [2.45, 2.75) is 31.8 Å². The maximum atomic E-state index is 11.5. The Bertz CT molecular complexity index is 263. The SMILES string of the molecule is CC(NC1=NCCS1)C(=O)NC1CC1. The van der Waals surface area contributed by atoms with E-state index in [1.807, 2.05) is 6.92 Å². The van der Waals surface area contributed by atoms with Crippen molar-refractivity contribution in [3.8, 4) is 0 Å². The van der Waals surface area contributed by atoms with Gasteiger partial charge in [0.2, 0.25) is 5.91 Å². The van der Waals surface area contributed by atoms with Gasteiger partial charge < -0.3 is 10.6 Å². The van der Waals surface area contributed by atoms with Gasteiger partial charge in [0.25, 0.3) is 0 Å². The Labute approximate surface area is 87.9 Å². The third kappa shape index (κ3) is 2.64. The van der Waals surface area contributed by atoms with Crippen molar-refractivity contribution < 1.29 is 4.79 Å². The number of hydrogen-bond donors (Lipinski definition) is 2. The molecular formula is C9H15N3OS. The standard InChI is InChI=1S/C9H15N3OS/c1-6(8(13)12-7-2-3-7)11-9-10-4-5-14-9/h6-7H,2-5H2,1H3,(H,10,11)(H,12,13). The summed E-state index contributed by atoms with van der Waals surface area (Å²) < 4.78 is 0. The molecule has 2 rings (SSSR count). The van der Waals surface area contributed by atoms with Gasteiger partial charge in [-0.3, -0.25) is 9.79 Å². The molecule has 78 valence electrons. The Morgan fingerprint density at radius 3 is 3.00 bits per heavy atom. The van der Waals surface area contributed by atoms with Gasteiger partial charge in [0.15, 0.2) is 5.17 Å². The second-order valence-corrected chi connectivity index (χ2v) is 4.77. The lowest BCUT2D eigenvalue weighted by Crippen LogP contribution is -2.44. The fourth-order valence-corrected chi connectivity index (χ4v) is 2.05. The van der Waals surface area contributed by atoms with E-state index in [0.717, 1.165) is 30.3 Å². The Hall–Kier alpha value is -0.710. The van der Waals surface area contributed by atoms with Crippen LogP contribution in [0.15, 0.2) is 4.99 Å². The van der Waals surface area contributed by atoms with Crippen LogP contribution in [-0.2, 0) is 4.79 Å². The van der Waals surface area contributed by atoms with Crippen molar-refractivity contribution in [2.24, 2.45) is 4.99 Å². The van der Waals surface area contributed by atoms with Crippen molar-refractivity contribution in [1.29, 1.82) is 0 Å². The van der Waals surface area contributed by atoms with Crippen LogP contribution < -0.4 is 10.6 Å². The highest BCUT2D eigenvalue weighted by atomic mass is 32.2. The lowest BCUT2D eigenvalue weighted by Gasteiger charge is -2.13. The minimum Gasteiger partial charge on any atom is -0.353 e. The van der Waals surface area contributed by atoms with Crippen LogP contribution >= 0.6 is 11.8 Å². The van der Waals surface area contributed by atoms with Crippen molar-refractivity contribution >= 4 is 22.8 Å². The molecule has 1 amide bonds. The zero-order valence-corrected chi connectivity index (χ0v) is 9.06. The molecule has 14 heavy (non-hydrogen) atoms. The summed E-state index contributed by atoms with van der Waals surface area (Å²) >= 11 is 1.68. The Morgan fingerprint density at radius 1 is 1.64 bits per heavy atom. The molecule has 1 fully saturated rings. The lowest BCUT2D eigenvalue weighted by molar-refractivity contribution is -0.122. The number of amidine groups is 1. The molecule has 1 saturated carbocycles. The van der Waals surface area contributed by atoms with E-state index >= 15 is 0 Å². The van der Waals surface area contributed by atoms with Gasteiger partial charge in [-0.1, -0.05) is 11.8 Å². The third-order valence-corrected chi connectivity index (χ3v) is 3.15. The minimum atomic E-state index is -0.167. The molecule has 0 aromatic heterocycles. The average molecular weight is 213 g/mol. The minimum absolute atomic E-state index is 0.0858. The maximum Gasteiger partial charge on any atom is 0.242 e. The van der Waals surface area contributed by atoms with Crippen molar-refractivity contribution in [1.82, 2.24) is 10.6 Å². The molecule has 5 heteroatoms. The number of rotatable bonds is 3. The molecule has 1 unspecified atom stereocenters. The van der Waals surface area contributed by atoms with Gasteiger partial charge >= 0.3 is 0 Å². The van der Waals surface area contributed by atoms with Crippen LogP contribution in [0.2, 0.25) is 0 Å². The first-order valence-corrected chi connectivity index (χ1v) is 5.98. The average Bonchev–Trinajstić information content (AvgIpc) is 2.81. The zero-order valence-electron chi connectivity index (χ0n) is 8.25. The van der Waals surface area contributed by atoms with Crippen LogP contribution in [0.1, 0.15) is 19.8 Å². The molecule has 0 saturated heterocycles.